The summed E-state index contributed by atoms with van der Waals surface area (Å²) in [7, 11) is 4.33. The Balaban J connectivity index is 1.51. The lowest BCUT2D eigenvalue weighted by Crippen LogP contribution is -2.32. The molecule has 1 saturated heterocycles. The number of rotatable bonds is 5. The van der Waals surface area contributed by atoms with E-state index in [9.17, 15) is 0 Å². The number of pyridine rings is 1. The highest BCUT2D eigenvalue weighted by Gasteiger charge is 2.20. The number of nitrogens with zero attached hydrogens (tertiary/aromatic N) is 4. The Morgan fingerprint density at radius 2 is 2.13 bits per heavy atom. The quantitative estimate of drug-likeness (QED) is 0.848. The van der Waals surface area contributed by atoms with Gasteiger partial charge in [-0.1, -0.05) is 6.07 Å². The van der Waals surface area contributed by atoms with Crippen LogP contribution < -0.4 is 0 Å². The third-order valence-corrected chi connectivity index (χ3v) is 4.85. The zero-order chi connectivity index (χ0) is 16.1. The van der Waals surface area contributed by atoms with E-state index in [4.69, 9.17) is 0 Å². The van der Waals surface area contributed by atoms with Gasteiger partial charge in [0, 0.05) is 44.8 Å². The van der Waals surface area contributed by atoms with Gasteiger partial charge in [-0.05, 0) is 63.2 Å². The molecule has 3 rings (SSSR count). The molecule has 0 amide bonds. The van der Waals surface area contributed by atoms with Crippen molar-refractivity contribution >= 4 is 0 Å². The Morgan fingerprint density at radius 3 is 2.87 bits per heavy atom. The second kappa shape index (κ2) is 7.75. The first-order valence-electron chi connectivity index (χ1n) is 8.64. The van der Waals surface area contributed by atoms with Crippen LogP contribution in [0.1, 0.15) is 30.5 Å². The van der Waals surface area contributed by atoms with Crippen molar-refractivity contribution < 1.29 is 0 Å². The van der Waals surface area contributed by atoms with Gasteiger partial charge in [0.25, 0.3) is 0 Å². The average Bonchev–Trinajstić information content (AvgIpc) is 2.82. The van der Waals surface area contributed by atoms with Crippen molar-refractivity contribution in [1.82, 2.24) is 19.4 Å². The molecule has 0 spiro atoms. The van der Waals surface area contributed by atoms with E-state index in [1.54, 1.807) is 0 Å². The zero-order valence-electron chi connectivity index (χ0n) is 14.4. The Bertz CT molecular complexity index is 592. The van der Waals surface area contributed by atoms with Crippen molar-refractivity contribution in [1.29, 1.82) is 0 Å². The van der Waals surface area contributed by atoms with Gasteiger partial charge in [0.05, 0.1) is 5.69 Å². The molecule has 0 aromatic carbocycles. The lowest BCUT2D eigenvalue weighted by molar-refractivity contribution is 0.204. The summed E-state index contributed by atoms with van der Waals surface area (Å²) >= 11 is 0. The van der Waals surface area contributed by atoms with Crippen LogP contribution in [0, 0.1) is 0 Å². The second-order valence-electron chi connectivity index (χ2n) is 6.78. The van der Waals surface area contributed by atoms with Gasteiger partial charge in [-0.2, -0.15) is 0 Å². The number of aryl methyl sites for hydroxylation is 1. The first kappa shape index (κ1) is 16.2. The summed E-state index contributed by atoms with van der Waals surface area (Å²) in [5.41, 5.74) is 2.59. The van der Waals surface area contributed by atoms with Crippen LogP contribution in [0.2, 0.25) is 0 Å². The van der Waals surface area contributed by atoms with E-state index in [1.807, 2.05) is 12.3 Å². The largest absolute Gasteiger partial charge is 0.357 e. The van der Waals surface area contributed by atoms with Crippen LogP contribution in [-0.2, 0) is 20.1 Å². The molecule has 0 saturated carbocycles. The van der Waals surface area contributed by atoms with Gasteiger partial charge in [0.2, 0.25) is 0 Å². The highest BCUT2D eigenvalue weighted by atomic mass is 15.2. The van der Waals surface area contributed by atoms with E-state index < -0.39 is 0 Å². The summed E-state index contributed by atoms with van der Waals surface area (Å²) in [6.07, 6.45) is 10.1. The lowest BCUT2D eigenvalue weighted by Gasteiger charge is -2.27. The van der Waals surface area contributed by atoms with Crippen LogP contribution in [-0.4, -0.2) is 45.5 Å². The smallest absolute Gasteiger partial charge is 0.0543 e. The number of hydrogen-bond donors (Lipinski definition) is 0. The summed E-state index contributed by atoms with van der Waals surface area (Å²) in [5.74, 6) is 0. The van der Waals surface area contributed by atoms with Gasteiger partial charge in [0.1, 0.15) is 0 Å². The Hall–Kier alpha value is -1.65. The third-order valence-electron chi connectivity index (χ3n) is 4.85. The molecule has 1 aliphatic heterocycles. The topological polar surface area (TPSA) is 24.3 Å². The molecule has 2 aromatic heterocycles. The van der Waals surface area contributed by atoms with Crippen LogP contribution in [0.15, 0.2) is 42.9 Å². The van der Waals surface area contributed by atoms with Gasteiger partial charge in [-0.15, -0.1) is 0 Å². The summed E-state index contributed by atoms with van der Waals surface area (Å²) in [6.45, 7) is 4.43. The first-order chi connectivity index (χ1) is 11.2. The molecule has 1 atom stereocenters. The van der Waals surface area contributed by atoms with Crippen LogP contribution in [0.3, 0.4) is 0 Å². The molecule has 3 heterocycles. The molecule has 124 valence electrons. The summed E-state index contributed by atoms with van der Waals surface area (Å²) in [5, 5.41) is 0. The molecule has 0 bridgehead atoms. The van der Waals surface area contributed by atoms with Crippen LogP contribution in [0.4, 0.5) is 0 Å². The van der Waals surface area contributed by atoms with Crippen molar-refractivity contribution in [3.8, 4) is 0 Å². The molecule has 0 unspecified atom stereocenters. The van der Waals surface area contributed by atoms with E-state index in [0.717, 1.165) is 13.1 Å². The summed E-state index contributed by atoms with van der Waals surface area (Å²) < 4.78 is 2.14. The van der Waals surface area contributed by atoms with Crippen LogP contribution in [0.5, 0.6) is 0 Å². The fraction of sp³-hybridized carbons (Fsp3) is 0.526. The van der Waals surface area contributed by atoms with Crippen molar-refractivity contribution in [2.45, 2.75) is 38.4 Å². The maximum atomic E-state index is 4.46. The predicted octanol–water partition coefficient (Wildman–Crippen LogP) is 2.91. The van der Waals surface area contributed by atoms with Gasteiger partial charge >= 0.3 is 0 Å². The Kier molecular flexibility index (Phi) is 5.47. The monoisotopic (exact) mass is 312 g/mol. The van der Waals surface area contributed by atoms with Gasteiger partial charge in [0.15, 0.2) is 0 Å². The van der Waals surface area contributed by atoms with Crippen molar-refractivity contribution in [3.05, 3.63) is 54.1 Å². The molecule has 1 aliphatic rings. The van der Waals surface area contributed by atoms with Gasteiger partial charge in [-0.25, -0.2) is 0 Å². The molecule has 1 fully saturated rings. The fourth-order valence-electron chi connectivity index (χ4n) is 3.53. The van der Waals surface area contributed by atoms with E-state index in [2.05, 4.69) is 64.0 Å². The molecular weight excluding hydrogens is 284 g/mol. The predicted molar refractivity (Wildman–Crippen MR) is 94.0 cm³/mol. The Labute approximate surface area is 139 Å². The van der Waals surface area contributed by atoms with Crippen molar-refractivity contribution in [2.24, 2.45) is 7.05 Å². The van der Waals surface area contributed by atoms with Crippen molar-refractivity contribution in [2.75, 3.05) is 20.1 Å². The molecule has 4 heteroatoms. The SMILES string of the molecule is CN(Cc1ccccn1)[C@H]1CCCN(Cc2ccn(C)c2)CC1. The fourth-order valence-corrected chi connectivity index (χ4v) is 3.53. The maximum absolute atomic E-state index is 4.46. The lowest BCUT2D eigenvalue weighted by atomic mass is 10.1. The Morgan fingerprint density at radius 1 is 1.22 bits per heavy atom. The van der Waals surface area contributed by atoms with Crippen LogP contribution >= 0.6 is 0 Å². The number of hydrogen-bond acceptors (Lipinski definition) is 3. The zero-order valence-corrected chi connectivity index (χ0v) is 14.4. The minimum absolute atomic E-state index is 0.665. The summed E-state index contributed by atoms with van der Waals surface area (Å²) in [6, 6.07) is 9.07. The number of aromatic nitrogens is 2. The molecule has 0 aliphatic carbocycles. The van der Waals surface area contributed by atoms with Gasteiger partial charge < -0.3 is 4.57 Å². The maximum Gasteiger partial charge on any atom is 0.0543 e. The average molecular weight is 312 g/mol. The molecular formula is C19H28N4. The molecule has 0 N–H and O–H groups in total. The third kappa shape index (κ3) is 4.66. The van der Waals surface area contributed by atoms with E-state index in [0.29, 0.717) is 6.04 Å². The molecule has 4 nitrogen and oxygen atoms in total. The minimum Gasteiger partial charge on any atom is -0.357 e. The summed E-state index contributed by atoms with van der Waals surface area (Å²) in [4.78, 5) is 9.54. The molecule has 2 aromatic rings. The van der Waals surface area contributed by atoms with Crippen molar-refractivity contribution in [3.63, 3.8) is 0 Å². The van der Waals surface area contributed by atoms with Crippen LogP contribution in [0.25, 0.3) is 0 Å². The van der Waals surface area contributed by atoms with E-state index in [1.165, 1.54) is 43.6 Å². The first-order valence-corrected chi connectivity index (χ1v) is 8.64. The van der Waals surface area contributed by atoms with E-state index in [-0.39, 0.29) is 0 Å². The minimum atomic E-state index is 0.665. The normalized spacial score (nSPS) is 19.9. The molecule has 0 radical (unpaired) electrons. The second-order valence-corrected chi connectivity index (χ2v) is 6.78. The standard InChI is InChI=1S/C19H28N4/c1-21-12-8-17(14-21)15-23-11-5-7-19(9-13-23)22(2)16-18-6-3-4-10-20-18/h3-4,6,8,10,12,14,19H,5,7,9,11,13,15-16H2,1-2H3/t19-/m0/s1. The van der Waals surface area contributed by atoms with Gasteiger partial charge in [-0.3, -0.25) is 14.8 Å². The molecule has 23 heavy (non-hydrogen) atoms. The highest BCUT2D eigenvalue weighted by Crippen LogP contribution is 2.19. The number of likely N-dealkylation sites (tertiary alicyclic amines) is 1. The highest BCUT2D eigenvalue weighted by molar-refractivity contribution is 5.09. The van der Waals surface area contributed by atoms with E-state index >= 15 is 0 Å².